The number of benzene rings is 3. The number of pyridine rings is 2. The van der Waals surface area contributed by atoms with Crippen LogP contribution < -0.4 is 15.6 Å². The van der Waals surface area contributed by atoms with Gasteiger partial charge < -0.3 is 10.1 Å². The van der Waals surface area contributed by atoms with Gasteiger partial charge in [0.25, 0.3) is 5.56 Å². The summed E-state index contributed by atoms with van der Waals surface area (Å²) in [5, 5.41) is 4.89. The molecule has 0 unspecified atom stereocenters. The largest absolute Gasteiger partial charge is 0.466 e. The third kappa shape index (κ3) is 6.12. The first kappa shape index (κ1) is 27.6. The smallest absolute Gasteiger partial charge is 0.330 e. The van der Waals surface area contributed by atoms with Crippen LogP contribution in [-0.2, 0) is 19.6 Å². The lowest BCUT2D eigenvalue weighted by atomic mass is 10.0. The van der Waals surface area contributed by atoms with Crippen LogP contribution in [0.2, 0.25) is 0 Å². The highest BCUT2D eigenvalue weighted by atomic mass is 32.2. The van der Waals surface area contributed by atoms with Gasteiger partial charge in [-0.3, -0.25) is 19.1 Å². The molecule has 208 valence electrons. The van der Waals surface area contributed by atoms with Gasteiger partial charge in [-0.05, 0) is 66.1 Å². The number of ether oxygens (including phenoxy) is 1. The normalized spacial score (nSPS) is 11.7. The Balaban J connectivity index is 1.60. The summed E-state index contributed by atoms with van der Waals surface area (Å²) in [6, 6.07) is 22.0. The number of carbonyl (C=O) groups excluding carboxylic acids is 1. The fourth-order valence-corrected chi connectivity index (χ4v) is 5.19. The zero-order valence-corrected chi connectivity index (χ0v) is 23.5. The lowest BCUT2D eigenvalue weighted by Crippen LogP contribution is -2.18. The van der Waals surface area contributed by atoms with Gasteiger partial charge in [0, 0.05) is 47.0 Å². The van der Waals surface area contributed by atoms with Crippen molar-refractivity contribution >= 4 is 49.2 Å². The van der Waals surface area contributed by atoms with Gasteiger partial charge in [-0.25, -0.2) is 13.2 Å². The van der Waals surface area contributed by atoms with Crippen LogP contribution in [0.25, 0.3) is 38.6 Å². The van der Waals surface area contributed by atoms with Gasteiger partial charge in [0.2, 0.25) is 10.0 Å². The molecule has 0 fully saturated rings. The first-order chi connectivity index (χ1) is 19.6. The average Bonchev–Trinajstić information content (AvgIpc) is 2.95. The molecule has 3 aromatic carbocycles. The number of carbonyl (C=O) groups is 1. The molecule has 0 atom stereocenters. The number of fused-ring (bicyclic) bond motifs is 3. The maximum absolute atomic E-state index is 13.4. The molecule has 0 aliphatic heterocycles. The number of aryl methyl sites for hydroxylation is 1. The Hall–Kier alpha value is -4.96. The predicted octanol–water partition coefficient (Wildman–Crippen LogP) is 5.03. The summed E-state index contributed by atoms with van der Waals surface area (Å²) >= 11 is 0. The monoisotopic (exact) mass is 568 g/mol. The number of nitrogens with one attached hydrogen (secondary N) is 2. The third-order valence-corrected chi connectivity index (χ3v) is 7.19. The van der Waals surface area contributed by atoms with Gasteiger partial charge in [0.1, 0.15) is 0 Å². The highest BCUT2D eigenvalue weighted by Crippen LogP contribution is 2.31. The molecule has 0 saturated heterocycles. The van der Waals surface area contributed by atoms with Crippen molar-refractivity contribution in [1.29, 1.82) is 0 Å². The lowest BCUT2D eigenvalue weighted by Gasteiger charge is -2.16. The molecule has 2 heterocycles. The van der Waals surface area contributed by atoms with E-state index in [1.807, 2.05) is 55.5 Å². The van der Waals surface area contributed by atoms with Gasteiger partial charge in [0.15, 0.2) is 0 Å². The van der Waals surface area contributed by atoms with E-state index in [1.54, 1.807) is 35.0 Å². The molecule has 5 aromatic rings. The number of hydrogen-bond donors (Lipinski definition) is 2. The number of rotatable bonds is 8. The van der Waals surface area contributed by atoms with E-state index in [1.165, 1.54) is 19.3 Å². The highest BCUT2D eigenvalue weighted by molar-refractivity contribution is 7.92. The van der Waals surface area contributed by atoms with Crippen LogP contribution in [0.1, 0.15) is 5.56 Å². The summed E-state index contributed by atoms with van der Waals surface area (Å²) in [7, 11) is -2.05. The molecular formula is C31H28N4O5S. The number of sulfonamides is 1. The summed E-state index contributed by atoms with van der Waals surface area (Å²) in [5.41, 5.74) is 6.00. The van der Waals surface area contributed by atoms with Crippen molar-refractivity contribution in [1.82, 2.24) is 9.55 Å². The second-order valence-corrected chi connectivity index (χ2v) is 11.3. The van der Waals surface area contributed by atoms with E-state index in [0.717, 1.165) is 50.4 Å². The van der Waals surface area contributed by atoms with Crippen LogP contribution >= 0.6 is 0 Å². The Bertz CT molecular complexity index is 1980. The fraction of sp³-hybridized carbons (Fsp3) is 0.129. The van der Waals surface area contributed by atoms with Crippen molar-refractivity contribution in [2.24, 2.45) is 0 Å². The first-order valence-corrected chi connectivity index (χ1v) is 14.6. The maximum Gasteiger partial charge on any atom is 0.330 e. The fourth-order valence-electron chi connectivity index (χ4n) is 4.62. The Morgan fingerprint density at radius 2 is 1.76 bits per heavy atom. The molecule has 9 nitrogen and oxygen atoms in total. The molecule has 0 aliphatic carbocycles. The Kier molecular flexibility index (Phi) is 7.58. The molecule has 0 aliphatic rings. The van der Waals surface area contributed by atoms with Crippen LogP contribution in [0.3, 0.4) is 0 Å². The van der Waals surface area contributed by atoms with E-state index in [9.17, 15) is 18.0 Å². The van der Waals surface area contributed by atoms with Crippen molar-refractivity contribution in [3.05, 3.63) is 107 Å². The number of aromatic nitrogens is 2. The standard InChI is InChI=1S/C31H28N4O5S/c1-20-6-13-25(18-28(20)32-16-4-5-30(37)40-2)35-29(36)15-10-23-19-33-27-14-9-22(17-26(27)31(23)35)21-7-11-24(12-8-21)34-41(3,38)39/h4-15,17-19,32,34H,16H2,1-3H3/b5-4+. The highest BCUT2D eigenvalue weighted by Gasteiger charge is 2.13. The van der Waals surface area contributed by atoms with E-state index >= 15 is 0 Å². The number of methoxy groups -OCH3 is 1. The topological polar surface area (TPSA) is 119 Å². The number of hydrogen-bond acceptors (Lipinski definition) is 7. The van der Waals surface area contributed by atoms with Crippen LogP contribution in [0.5, 0.6) is 0 Å². The van der Waals surface area contributed by atoms with Gasteiger partial charge in [-0.15, -0.1) is 0 Å². The van der Waals surface area contributed by atoms with E-state index in [0.29, 0.717) is 17.9 Å². The molecule has 10 heteroatoms. The average molecular weight is 569 g/mol. The summed E-state index contributed by atoms with van der Waals surface area (Å²) < 4.78 is 31.9. The molecule has 0 radical (unpaired) electrons. The molecule has 41 heavy (non-hydrogen) atoms. The van der Waals surface area contributed by atoms with Gasteiger partial charge in [-0.2, -0.15) is 0 Å². The summed E-state index contributed by atoms with van der Waals surface area (Å²) in [5.74, 6) is -0.430. The molecule has 5 rings (SSSR count). The minimum Gasteiger partial charge on any atom is -0.466 e. The Morgan fingerprint density at radius 1 is 1.00 bits per heavy atom. The van der Waals surface area contributed by atoms with Crippen molar-refractivity contribution < 1.29 is 17.9 Å². The minimum atomic E-state index is -3.38. The van der Waals surface area contributed by atoms with Crippen molar-refractivity contribution in [3.8, 4) is 16.8 Å². The van der Waals surface area contributed by atoms with Gasteiger partial charge >= 0.3 is 5.97 Å². The zero-order valence-electron chi connectivity index (χ0n) is 22.7. The Labute approximate surface area is 237 Å². The molecule has 0 bridgehead atoms. The second-order valence-electron chi connectivity index (χ2n) is 9.56. The Morgan fingerprint density at radius 3 is 2.49 bits per heavy atom. The molecule has 0 saturated carbocycles. The van der Waals surface area contributed by atoms with Crippen molar-refractivity contribution in [3.63, 3.8) is 0 Å². The van der Waals surface area contributed by atoms with Gasteiger partial charge in [0.05, 0.1) is 30.1 Å². The molecule has 2 aromatic heterocycles. The van der Waals surface area contributed by atoms with Crippen LogP contribution in [0.4, 0.5) is 11.4 Å². The molecular weight excluding hydrogens is 540 g/mol. The van der Waals surface area contributed by atoms with Crippen LogP contribution in [0.15, 0.2) is 95.9 Å². The maximum atomic E-state index is 13.4. The van der Waals surface area contributed by atoms with Crippen LogP contribution in [0, 0.1) is 6.92 Å². The zero-order chi connectivity index (χ0) is 29.1. The molecule has 0 spiro atoms. The third-order valence-electron chi connectivity index (χ3n) is 6.58. The quantitative estimate of drug-likeness (QED) is 0.153. The van der Waals surface area contributed by atoms with E-state index < -0.39 is 16.0 Å². The molecule has 2 N–H and O–H groups in total. The minimum absolute atomic E-state index is 0.188. The molecule has 0 amide bonds. The lowest BCUT2D eigenvalue weighted by molar-refractivity contribution is -0.134. The van der Waals surface area contributed by atoms with Crippen LogP contribution in [-0.4, -0.2) is 43.8 Å². The SMILES string of the molecule is COC(=O)/C=C/CNc1cc(-n2c(=O)ccc3cnc4ccc(-c5ccc(NS(C)(=O)=O)cc5)cc4c32)ccc1C. The summed E-state index contributed by atoms with van der Waals surface area (Å²) in [6.45, 7) is 2.36. The van der Waals surface area contributed by atoms with E-state index in [2.05, 4.69) is 19.8 Å². The van der Waals surface area contributed by atoms with Gasteiger partial charge in [-0.1, -0.05) is 30.3 Å². The van der Waals surface area contributed by atoms with Crippen molar-refractivity contribution in [2.75, 3.05) is 29.9 Å². The first-order valence-electron chi connectivity index (χ1n) is 12.7. The number of nitrogens with zero attached hydrogens (tertiary/aromatic N) is 2. The van der Waals surface area contributed by atoms with E-state index in [-0.39, 0.29) is 5.56 Å². The van der Waals surface area contributed by atoms with E-state index in [4.69, 9.17) is 0 Å². The summed E-state index contributed by atoms with van der Waals surface area (Å²) in [4.78, 5) is 29.3. The number of esters is 1. The number of anilines is 2. The van der Waals surface area contributed by atoms with Crippen molar-refractivity contribution in [2.45, 2.75) is 6.92 Å². The predicted molar refractivity (Wildman–Crippen MR) is 163 cm³/mol. The second kappa shape index (κ2) is 11.3. The summed E-state index contributed by atoms with van der Waals surface area (Å²) in [6.07, 6.45) is 5.89.